The molecule has 1 aromatic carbocycles. The molecule has 0 aliphatic carbocycles. The van der Waals surface area contributed by atoms with Crippen LogP contribution in [0.2, 0.25) is 0 Å². The van der Waals surface area contributed by atoms with Crippen LogP contribution >= 0.6 is 0 Å². The third-order valence-electron chi connectivity index (χ3n) is 3.01. The van der Waals surface area contributed by atoms with E-state index in [1.807, 2.05) is 25.9 Å². The third-order valence-corrected chi connectivity index (χ3v) is 4.43. The largest absolute Gasteiger partial charge is 0.494 e. The third kappa shape index (κ3) is 4.64. The van der Waals surface area contributed by atoms with E-state index in [-0.39, 0.29) is 11.4 Å². The lowest BCUT2D eigenvalue weighted by molar-refractivity contribution is 0.340. The topological polar surface area (TPSA) is 84.4 Å². The molecule has 0 saturated heterocycles. The summed E-state index contributed by atoms with van der Waals surface area (Å²) >= 11 is 0. The molecule has 0 radical (unpaired) electrons. The lowest BCUT2D eigenvalue weighted by Crippen LogP contribution is -2.24. The van der Waals surface area contributed by atoms with Gasteiger partial charge in [-0.2, -0.15) is 0 Å². The monoisotopic (exact) mass is 336 g/mol. The number of hydrogen-bond donors (Lipinski definition) is 1. The van der Waals surface area contributed by atoms with E-state index >= 15 is 0 Å². The van der Waals surface area contributed by atoms with Crippen LogP contribution in [0.15, 0.2) is 41.4 Å². The minimum absolute atomic E-state index is 0.0250. The Morgan fingerprint density at radius 3 is 2.48 bits per heavy atom. The van der Waals surface area contributed by atoms with Crippen molar-refractivity contribution in [3.63, 3.8) is 0 Å². The van der Waals surface area contributed by atoms with Crippen LogP contribution in [0.25, 0.3) is 0 Å². The van der Waals surface area contributed by atoms with Crippen molar-refractivity contribution in [1.82, 2.24) is 14.7 Å². The molecule has 0 saturated carbocycles. The highest BCUT2D eigenvalue weighted by atomic mass is 32.2. The van der Waals surface area contributed by atoms with E-state index in [2.05, 4.69) is 14.7 Å². The molecule has 2 rings (SSSR count). The highest BCUT2D eigenvalue weighted by Crippen LogP contribution is 2.16. The van der Waals surface area contributed by atoms with E-state index in [9.17, 15) is 8.42 Å². The fraction of sp³-hybridized carbons (Fsp3) is 0.333. The van der Waals surface area contributed by atoms with Gasteiger partial charge in [0.25, 0.3) is 0 Å². The smallest absolute Gasteiger partial charge is 0.240 e. The first-order valence-corrected chi connectivity index (χ1v) is 8.62. The Kier molecular flexibility index (Phi) is 5.51. The summed E-state index contributed by atoms with van der Waals surface area (Å²) in [5.41, 5.74) is 0. The van der Waals surface area contributed by atoms with Crippen LogP contribution in [-0.4, -0.2) is 39.1 Å². The number of nitrogens with one attached hydrogen (secondary N) is 1. The van der Waals surface area contributed by atoms with Crippen LogP contribution in [-0.2, 0) is 16.6 Å². The molecule has 0 fully saturated rings. The zero-order chi connectivity index (χ0) is 16.9. The molecule has 1 aromatic heterocycles. The van der Waals surface area contributed by atoms with E-state index in [4.69, 9.17) is 4.74 Å². The number of anilines is 1. The molecule has 0 bridgehead atoms. The Balaban J connectivity index is 2.08. The summed E-state index contributed by atoms with van der Waals surface area (Å²) in [5.74, 6) is 1.76. The van der Waals surface area contributed by atoms with Gasteiger partial charge < -0.3 is 9.64 Å². The predicted molar refractivity (Wildman–Crippen MR) is 88.0 cm³/mol. The van der Waals surface area contributed by atoms with Crippen molar-refractivity contribution < 1.29 is 13.2 Å². The zero-order valence-corrected chi connectivity index (χ0v) is 14.2. The van der Waals surface area contributed by atoms with E-state index in [1.54, 1.807) is 24.4 Å². The molecule has 0 unspecified atom stereocenters. The summed E-state index contributed by atoms with van der Waals surface area (Å²) in [5, 5.41) is 0. The standard InChI is InChI=1S/C15H20N4O3S/c1-4-22-12-5-7-13(8-6-12)23(20,21)17-11-14-16-10-9-15(18-14)19(2)3/h5-10,17H,4,11H2,1-3H3. The van der Waals surface area contributed by atoms with Gasteiger partial charge in [-0.3, -0.25) is 0 Å². The highest BCUT2D eigenvalue weighted by Gasteiger charge is 2.14. The molecular weight excluding hydrogens is 316 g/mol. The van der Waals surface area contributed by atoms with Gasteiger partial charge in [0.2, 0.25) is 10.0 Å². The van der Waals surface area contributed by atoms with Crippen LogP contribution in [0.1, 0.15) is 12.7 Å². The molecular formula is C15H20N4O3S. The van der Waals surface area contributed by atoms with Gasteiger partial charge in [0, 0.05) is 20.3 Å². The maximum atomic E-state index is 12.3. The predicted octanol–water partition coefficient (Wildman–Crippen LogP) is 1.42. The molecule has 0 atom stereocenters. The minimum atomic E-state index is -3.62. The van der Waals surface area contributed by atoms with Gasteiger partial charge in [0.05, 0.1) is 18.0 Å². The van der Waals surface area contributed by atoms with Crippen LogP contribution in [0.3, 0.4) is 0 Å². The molecule has 0 aliphatic rings. The van der Waals surface area contributed by atoms with Crippen molar-refractivity contribution in [2.45, 2.75) is 18.4 Å². The summed E-state index contributed by atoms with van der Waals surface area (Å²) in [6, 6.07) is 8.02. The van der Waals surface area contributed by atoms with E-state index in [0.29, 0.717) is 18.2 Å². The van der Waals surface area contributed by atoms with Gasteiger partial charge in [0.1, 0.15) is 17.4 Å². The number of rotatable bonds is 7. The minimum Gasteiger partial charge on any atom is -0.494 e. The summed E-state index contributed by atoms with van der Waals surface area (Å²) in [4.78, 5) is 10.3. The quantitative estimate of drug-likeness (QED) is 0.823. The average molecular weight is 336 g/mol. The van der Waals surface area contributed by atoms with Gasteiger partial charge in [0.15, 0.2) is 0 Å². The van der Waals surface area contributed by atoms with Gasteiger partial charge in [-0.05, 0) is 37.3 Å². The number of benzene rings is 1. The van der Waals surface area contributed by atoms with Crippen LogP contribution in [0.4, 0.5) is 5.82 Å². The lowest BCUT2D eigenvalue weighted by atomic mass is 10.3. The SMILES string of the molecule is CCOc1ccc(S(=O)(=O)NCc2nccc(N(C)C)n2)cc1. The number of ether oxygens (including phenoxy) is 1. The van der Waals surface area contributed by atoms with Gasteiger partial charge >= 0.3 is 0 Å². The second kappa shape index (κ2) is 7.38. The Hall–Kier alpha value is -2.19. The van der Waals surface area contributed by atoms with Crippen molar-refractivity contribution in [3.05, 3.63) is 42.4 Å². The van der Waals surface area contributed by atoms with Crippen LogP contribution in [0.5, 0.6) is 5.75 Å². The first-order chi connectivity index (χ1) is 10.9. The zero-order valence-electron chi connectivity index (χ0n) is 13.4. The fourth-order valence-electron chi connectivity index (χ4n) is 1.85. The normalized spacial score (nSPS) is 11.3. The van der Waals surface area contributed by atoms with E-state index in [1.165, 1.54) is 12.1 Å². The Morgan fingerprint density at radius 2 is 1.87 bits per heavy atom. The molecule has 1 heterocycles. The second-order valence-electron chi connectivity index (χ2n) is 4.95. The maximum Gasteiger partial charge on any atom is 0.240 e. The Bertz CT molecular complexity index is 746. The number of sulfonamides is 1. The summed E-state index contributed by atoms with van der Waals surface area (Å²) in [7, 11) is 0.0923. The first-order valence-electron chi connectivity index (χ1n) is 7.14. The number of aromatic nitrogens is 2. The first kappa shape index (κ1) is 17.2. The molecule has 0 aliphatic heterocycles. The van der Waals surface area contributed by atoms with Crippen molar-refractivity contribution in [1.29, 1.82) is 0 Å². The maximum absolute atomic E-state index is 12.3. The molecule has 23 heavy (non-hydrogen) atoms. The molecule has 1 N–H and O–H groups in total. The summed E-state index contributed by atoms with van der Waals surface area (Å²) < 4.78 is 32.3. The molecule has 8 heteroatoms. The highest BCUT2D eigenvalue weighted by molar-refractivity contribution is 7.89. The van der Waals surface area contributed by atoms with Crippen molar-refractivity contribution in [2.75, 3.05) is 25.6 Å². The van der Waals surface area contributed by atoms with Gasteiger partial charge in [-0.25, -0.2) is 23.1 Å². The molecule has 0 spiro atoms. The van der Waals surface area contributed by atoms with Crippen molar-refractivity contribution in [2.24, 2.45) is 0 Å². The van der Waals surface area contributed by atoms with Crippen LogP contribution < -0.4 is 14.4 Å². The molecule has 2 aromatic rings. The Morgan fingerprint density at radius 1 is 1.17 bits per heavy atom. The van der Waals surface area contributed by atoms with Gasteiger partial charge in [-0.15, -0.1) is 0 Å². The Labute approximate surface area is 136 Å². The van der Waals surface area contributed by atoms with Crippen LogP contribution in [0, 0.1) is 0 Å². The summed E-state index contributed by atoms with van der Waals surface area (Å²) in [6.07, 6.45) is 1.60. The second-order valence-corrected chi connectivity index (χ2v) is 6.72. The van der Waals surface area contributed by atoms with E-state index in [0.717, 1.165) is 5.82 Å². The van der Waals surface area contributed by atoms with Gasteiger partial charge in [-0.1, -0.05) is 0 Å². The van der Waals surface area contributed by atoms with Crippen molar-refractivity contribution >= 4 is 15.8 Å². The number of nitrogens with zero attached hydrogens (tertiary/aromatic N) is 3. The van der Waals surface area contributed by atoms with E-state index < -0.39 is 10.0 Å². The lowest BCUT2D eigenvalue weighted by Gasteiger charge is -2.12. The summed E-state index contributed by atoms with van der Waals surface area (Å²) in [6.45, 7) is 2.43. The number of hydrogen-bond acceptors (Lipinski definition) is 6. The fourth-order valence-corrected chi connectivity index (χ4v) is 2.83. The molecule has 7 nitrogen and oxygen atoms in total. The van der Waals surface area contributed by atoms with Crippen molar-refractivity contribution in [3.8, 4) is 5.75 Å². The average Bonchev–Trinajstić information content (AvgIpc) is 2.54. The molecule has 0 amide bonds. The molecule has 124 valence electrons.